The van der Waals surface area contributed by atoms with Crippen molar-refractivity contribution in [3.8, 4) is 0 Å². The molecule has 2 fully saturated rings. The number of hydrogen-bond acceptors (Lipinski definition) is 5. The van der Waals surface area contributed by atoms with Crippen molar-refractivity contribution in [2.24, 2.45) is 0 Å². The molecule has 0 amide bonds. The third-order valence-corrected chi connectivity index (χ3v) is 3.59. The minimum absolute atomic E-state index is 0.239. The summed E-state index contributed by atoms with van der Waals surface area (Å²) in [6.07, 6.45) is 3.43. The van der Waals surface area contributed by atoms with Crippen LogP contribution >= 0.6 is 0 Å². The maximum absolute atomic E-state index is 11.1. The van der Waals surface area contributed by atoms with Gasteiger partial charge in [-0.15, -0.1) is 0 Å². The number of nitrogens with one attached hydrogen (secondary N) is 1. The van der Waals surface area contributed by atoms with Crippen LogP contribution in [0.2, 0.25) is 0 Å². The lowest BCUT2D eigenvalue weighted by atomic mass is 10.1. The highest BCUT2D eigenvalue weighted by Crippen LogP contribution is 2.09. The van der Waals surface area contributed by atoms with Crippen molar-refractivity contribution >= 4 is 5.97 Å². The van der Waals surface area contributed by atoms with Crippen LogP contribution in [0.4, 0.5) is 0 Å². The summed E-state index contributed by atoms with van der Waals surface area (Å²) in [5.74, 6) is -0.239. The van der Waals surface area contributed by atoms with Crippen molar-refractivity contribution < 1.29 is 9.53 Å². The molecule has 2 heterocycles. The van der Waals surface area contributed by atoms with E-state index in [1.54, 1.807) is 0 Å². The molecular weight excluding hydrogens is 230 g/mol. The molecule has 5 nitrogen and oxygen atoms in total. The summed E-state index contributed by atoms with van der Waals surface area (Å²) >= 11 is 0. The molecule has 5 heteroatoms. The van der Waals surface area contributed by atoms with Crippen molar-refractivity contribution in [2.45, 2.75) is 13.0 Å². The van der Waals surface area contributed by atoms with Gasteiger partial charge in [-0.3, -0.25) is 9.80 Å². The molecule has 0 aliphatic carbocycles. The summed E-state index contributed by atoms with van der Waals surface area (Å²) in [6.45, 7) is 9.84. The lowest BCUT2D eigenvalue weighted by Crippen LogP contribution is -2.61. The third kappa shape index (κ3) is 3.80. The van der Waals surface area contributed by atoms with Gasteiger partial charge in [0.2, 0.25) is 0 Å². The van der Waals surface area contributed by atoms with Crippen LogP contribution in [-0.4, -0.2) is 74.2 Å². The normalized spacial score (nSPS) is 23.2. The van der Waals surface area contributed by atoms with Crippen LogP contribution in [0.5, 0.6) is 0 Å². The van der Waals surface area contributed by atoms with Gasteiger partial charge in [-0.25, -0.2) is 4.79 Å². The Labute approximate surface area is 109 Å². The van der Waals surface area contributed by atoms with Crippen LogP contribution in [-0.2, 0) is 9.53 Å². The summed E-state index contributed by atoms with van der Waals surface area (Å²) in [7, 11) is 0. The standard InChI is InChI=1S/C13H23N3O2/c1-2-18-13(17)4-3-5-15-6-8-16(9-7-15)12-10-14-11-12/h3-4,12,14H,2,5-11H2,1H3/b4-3+. The highest BCUT2D eigenvalue weighted by molar-refractivity contribution is 5.81. The van der Waals surface area contributed by atoms with Gasteiger partial charge in [0.25, 0.3) is 0 Å². The molecular formula is C13H23N3O2. The second kappa shape index (κ2) is 6.87. The molecule has 0 spiro atoms. The van der Waals surface area contributed by atoms with E-state index >= 15 is 0 Å². The summed E-state index contributed by atoms with van der Waals surface area (Å²) in [6, 6.07) is 0.752. The van der Waals surface area contributed by atoms with E-state index < -0.39 is 0 Å². The fourth-order valence-corrected chi connectivity index (χ4v) is 2.33. The highest BCUT2D eigenvalue weighted by Gasteiger charge is 2.27. The van der Waals surface area contributed by atoms with Crippen LogP contribution in [0.3, 0.4) is 0 Å². The van der Waals surface area contributed by atoms with Crippen LogP contribution in [0.15, 0.2) is 12.2 Å². The average molecular weight is 253 g/mol. The minimum Gasteiger partial charge on any atom is -0.463 e. The monoisotopic (exact) mass is 253 g/mol. The number of hydrogen-bond donors (Lipinski definition) is 1. The lowest BCUT2D eigenvalue weighted by Gasteiger charge is -2.43. The maximum atomic E-state index is 11.1. The molecule has 0 aromatic carbocycles. The average Bonchev–Trinajstić information content (AvgIpc) is 2.29. The number of carbonyl (C=O) groups is 1. The molecule has 18 heavy (non-hydrogen) atoms. The van der Waals surface area contributed by atoms with Crippen molar-refractivity contribution in [3.63, 3.8) is 0 Å². The predicted octanol–water partition coefficient (Wildman–Crippen LogP) is -0.305. The van der Waals surface area contributed by atoms with E-state index in [0.29, 0.717) is 6.61 Å². The van der Waals surface area contributed by atoms with Crippen LogP contribution in [0.25, 0.3) is 0 Å². The van der Waals surface area contributed by atoms with Crippen LogP contribution in [0, 0.1) is 0 Å². The number of piperazine rings is 1. The third-order valence-electron chi connectivity index (χ3n) is 3.59. The van der Waals surface area contributed by atoms with E-state index in [0.717, 1.165) is 51.9 Å². The van der Waals surface area contributed by atoms with Gasteiger partial charge < -0.3 is 10.1 Å². The van der Waals surface area contributed by atoms with Gasteiger partial charge >= 0.3 is 5.97 Å². The van der Waals surface area contributed by atoms with E-state index in [1.165, 1.54) is 6.08 Å². The molecule has 0 saturated carbocycles. The van der Waals surface area contributed by atoms with E-state index in [9.17, 15) is 4.79 Å². The van der Waals surface area contributed by atoms with Gasteiger partial charge in [-0.05, 0) is 6.92 Å². The first-order valence-electron chi connectivity index (χ1n) is 6.80. The smallest absolute Gasteiger partial charge is 0.330 e. The van der Waals surface area contributed by atoms with Gasteiger partial charge in [0, 0.05) is 57.9 Å². The molecule has 2 aliphatic heterocycles. The predicted molar refractivity (Wildman–Crippen MR) is 70.4 cm³/mol. The van der Waals surface area contributed by atoms with Crippen molar-refractivity contribution in [1.29, 1.82) is 0 Å². The summed E-state index contributed by atoms with van der Waals surface area (Å²) in [5.41, 5.74) is 0. The first-order valence-corrected chi connectivity index (χ1v) is 6.80. The molecule has 0 unspecified atom stereocenters. The van der Waals surface area contributed by atoms with Crippen molar-refractivity contribution in [1.82, 2.24) is 15.1 Å². The number of nitrogens with zero attached hydrogens (tertiary/aromatic N) is 2. The summed E-state index contributed by atoms with van der Waals surface area (Å²) < 4.78 is 4.84. The molecule has 1 N–H and O–H groups in total. The minimum atomic E-state index is -0.239. The number of esters is 1. The SMILES string of the molecule is CCOC(=O)/C=C/CN1CCN(C2CNC2)CC1. The second-order valence-corrected chi connectivity index (χ2v) is 4.80. The quantitative estimate of drug-likeness (QED) is 0.538. The topological polar surface area (TPSA) is 44.8 Å². The molecule has 2 saturated heterocycles. The Bertz CT molecular complexity index is 295. The van der Waals surface area contributed by atoms with Crippen molar-refractivity contribution in [3.05, 3.63) is 12.2 Å². The van der Waals surface area contributed by atoms with Gasteiger partial charge in [0.15, 0.2) is 0 Å². The molecule has 0 radical (unpaired) electrons. The number of ether oxygens (including phenoxy) is 1. The Balaban J connectivity index is 1.62. The van der Waals surface area contributed by atoms with Gasteiger partial charge in [-0.2, -0.15) is 0 Å². The number of rotatable bonds is 5. The Hall–Kier alpha value is -0.910. The molecule has 0 atom stereocenters. The fraction of sp³-hybridized carbons (Fsp3) is 0.769. The largest absolute Gasteiger partial charge is 0.463 e. The van der Waals surface area contributed by atoms with Gasteiger partial charge in [0.05, 0.1) is 6.61 Å². The van der Waals surface area contributed by atoms with Crippen LogP contribution in [0.1, 0.15) is 6.92 Å². The van der Waals surface area contributed by atoms with E-state index in [1.807, 2.05) is 13.0 Å². The number of carbonyl (C=O) groups excluding carboxylic acids is 1. The maximum Gasteiger partial charge on any atom is 0.330 e. The zero-order valence-electron chi connectivity index (χ0n) is 11.1. The summed E-state index contributed by atoms with van der Waals surface area (Å²) in [4.78, 5) is 16.1. The molecule has 0 bridgehead atoms. The van der Waals surface area contributed by atoms with E-state index in [2.05, 4.69) is 15.1 Å². The molecule has 2 rings (SSSR count). The Kier molecular flexibility index (Phi) is 5.16. The van der Waals surface area contributed by atoms with Gasteiger partial charge in [0.1, 0.15) is 0 Å². The zero-order chi connectivity index (χ0) is 12.8. The fourth-order valence-electron chi connectivity index (χ4n) is 2.33. The Morgan fingerprint density at radius 1 is 1.33 bits per heavy atom. The zero-order valence-corrected chi connectivity index (χ0v) is 11.1. The second-order valence-electron chi connectivity index (χ2n) is 4.80. The Morgan fingerprint density at radius 2 is 2.06 bits per heavy atom. The first-order chi connectivity index (χ1) is 8.79. The van der Waals surface area contributed by atoms with Crippen LogP contribution < -0.4 is 5.32 Å². The molecule has 0 aromatic rings. The summed E-state index contributed by atoms with van der Waals surface area (Å²) in [5, 5.41) is 3.31. The van der Waals surface area contributed by atoms with Crippen molar-refractivity contribution in [2.75, 3.05) is 52.4 Å². The Morgan fingerprint density at radius 3 is 2.61 bits per heavy atom. The molecule has 0 aromatic heterocycles. The van der Waals surface area contributed by atoms with Gasteiger partial charge in [-0.1, -0.05) is 6.08 Å². The lowest BCUT2D eigenvalue weighted by molar-refractivity contribution is -0.137. The molecule has 2 aliphatic rings. The van der Waals surface area contributed by atoms with E-state index in [-0.39, 0.29) is 5.97 Å². The highest BCUT2D eigenvalue weighted by atomic mass is 16.5. The molecule has 102 valence electrons. The first kappa shape index (κ1) is 13.5. The van der Waals surface area contributed by atoms with E-state index in [4.69, 9.17) is 4.74 Å².